The van der Waals surface area contributed by atoms with E-state index in [4.69, 9.17) is 0 Å². The van der Waals surface area contributed by atoms with Gasteiger partial charge in [-0.25, -0.2) is 0 Å². The third kappa shape index (κ3) is 10.0. The minimum absolute atomic E-state index is 0.677. The summed E-state index contributed by atoms with van der Waals surface area (Å²) in [5.41, 5.74) is 0. The molecule has 1 nitrogen and oxygen atoms in total. The summed E-state index contributed by atoms with van der Waals surface area (Å²) in [7, 11) is 0. The number of hydrogen-bond donors (Lipinski definition) is 1. The molecular weight excluding hydrogens is 172 g/mol. The zero-order valence-electron chi connectivity index (χ0n) is 10.0. The summed E-state index contributed by atoms with van der Waals surface area (Å²) in [6.45, 7) is 4.27. The highest BCUT2D eigenvalue weighted by atomic mass is 16.3. The summed E-state index contributed by atoms with van der Waals surface area (Å²) < 4.78 is 0. The van der Waals surface area contributed by atoms with Crippen LogP contribution in [-0.4, -0.2) is 5.11 Å². The second kappa shape index (κ2) is 11.0. The van der Waals surface area contributed by atoms with Crippen LogP contribution < -0.4 is 0 Å². The molecule has 1 radical (unpaired) electrons. The Morgan fingerprint density at radius 1 is 0.786 bits per heavy atom. The Morgan fingerprint density at radius 3 is 1.79 bits per heavy atom. The molecule has 0 amide bonds. The highest BCUT2D eigenvalue weighted by Crippen LogP contribution is 2.14. The molecule has 1 N–H and O–H groups in total. The summed E-state index contributed by atoms with van der Waals surface area (Å²) in [4.78, 5) is 0. The van der Waals surface area contributed by atoms with Crippen LogP contribution in [0.2, 0.25) is 0 Å². The molecule has 0 aliphatic rings. The Labute approximate surface area is 89.9 Å². The molecule has 1 heteroatoms. The summed E-state index contributed by atoms with van der Waals surface area (Å²) in [6.07, 6.45) is 13.2. The Balaban J connectivity index is 2.92. The van der Waals surface area contributed by atoms with Crippen LogP contribution in [-0.2, 0) is 0 Å². The fraction of sp³-hybridized carbons (Fsp3) is 0.923. The fourth-order valence-corrected chi connectivity index (χ4v) is 1.64. The standard InChI is InChI=1S/C13H27O/c1-3-5-6-7-8-9-10-11-12-13(14)4-2/h14H,3-12H2,1-2H3. The monoisotopic (exact) mass is 199 g/mol. The molecule has 0 spiro atoms. The molecule has 0 aromatic heterocycles. The first-order valence-corrected chi connectivity index (χ1v) is 6.34. The highest BCUT2D eigenvalue weighted by molar-refractivity contribution is 4.71. The van der Waals surface area contributed by atoms with Crippen LogP contribution in [0, 0.1) is 6.10 Å². The van der Waals surface area contributed by atoms with E-state index in [-0.39, 0.29) is 0 Å². The topological polar surface area (TPSA) is 20.2 Å². The molecule has 0 heterocycles. The molecule has 0 aromatic carbocycles. The minimum Gasteiger partial charge on any atom is -0.387 e. The molecule has 14 heavy (non-hydrogen) atoms. The van der Waals surface area contributed by atoms with Gasteiger partial charge in [0.2, 0.25) is 0 Å². The second-order valence-electron chi connectivity index (χ2n) is 4.14. The molecule has 0 fully saturated rings. The van der Waals surface area contributed by atoms with Crippen molar-refractivity contribution in [2.24, 2.45) is 0 Å². The van der Waals surface area contributed by atoms with E-state index < -0.39 is 0 Å². The van der Waals surface area contributed by atoms with Crippen LogP contribution in [0.1, 0.15) is 78.1 Å². The van der Waals surface area contributed by atoms with Crippen molar-refractivity contribution in [3.8, 4) is 0 Å². The van der Waals surface area contributed by atoms with Crippen molar-refractivity contribution in [1.29, 1.82) is 0 Å². The van der Waals surface area contributed by atoms with Crippen molar-refractivity contribution in [3.05, 3.63) is 6.10 Å². The lowest BCUT2D eigenvalue weighted by molar-refractivity contribution is 0.268. The third-order valence-corrected chi connectivity index (χ3v) is 2.73. The molecule has 0 saturated carbocycles. The molecule has 0 unspecified atom stereocenters. The first kappa shape index (κ1) is 14.0. The second-order valence-corrected chi connectivity index (χ2v) is 4.14. The van der Waals surface area contributed by atoms with E-state index in [1.54, 1.807) is 0 Å². The van der Waals surface area contributed by atoms with Crippen LogP contribution in [0.3, 0.4) is 0 Å². The van der Waals surface area contributed by atoms with E-state index in [0.717, 1.165) is 12.8 Å². The maximum absolute atomic E-state index is 9.25. The van der Waals surface area contributed by atoms with Gasteiger partial charge in [0.25, 0.3) is 0 Å². The molecule has 0 aromatic rings. The average molecular weight is 199 g/mol. The molecule has 85 valence electrons. The smallest absolute Gasteiger partial charge is 0.0930 e. The summed E-state index contributed by atoms with van der Waals surface area (Å²) in [5.74, 6) is 0. The summed E-state index contributed by atoms with van der Waals surface area (Å²) in [6, 6.07) is 0. The lowest BCUT2D eigenvalue weighted by Crippen LogP contribution is -1.93. The maximum atomic E-state index is 9.25. The average Bonchev–Trinajstić information content (AvgIpc) is 2.21. The zero-order valence-corrected chi connectivity index (χ0v) is 10.0. The van der Waals surface area contributed by atoms with E-state index in [0.29, 0.717) is 6.10 Å². The zero-order chi connectivity index (χ0) is 10.6. The van der Waals surface area contributed by atoms with Crippen LogP contribution >= 0.6 is 0 Å². The van der Waals surface area contributed by atoms with E-state index in [9.17, 15) is 5.11 Å². The lowest BCUT2D eigenvalue weighted by Gasteiger charge is -2.05. The van der Waals surface area contributed by atoms with Crippen LogP contribution in [0.25, 0.3) is 0 Å². The largest absolute Gasteiger partial charge is 0.387 e. The number of unbranched alkanes of at least 4 members (excludes halogenated alkanes) is 7. The number of hydrogen-bond acceptors (Lipinski definition) is 1. The quantitative estimate of drug-likeness (QED) is 0.499. The first-order chi connectivity index (χ1) is 6.81. The first-order valence-electron chi connectivity index (χ1n) is 6.34. The van der Waals surface area contributed by atoms with Gasteiger partial charge in [-0.3, -0.25) is 0 Å². The van der Waals surface area contributed by atoms with Gasteiger partial charge in [-0.1, -0.05) is 65.2 Å². The molecule has 0 aliphatic carbocycles. The SMILES string of the molecule is CCCCCCCCCC[C](O)CC. The van der Waals surface area contributed by atoms with E-state index in [2.05, 4.69) is 6.92 Å². The van der Waals surface area contributed by atoms with E-state index >= 15 is 0 Å². The Bertz CT molecular complexity index is 101. The number of aliphatic hydroxyl groups excluding tert-OH is 1. The molecule has 0 aliphatic heterocycles. The van der Waals surface area contributed by atoms with Crippen molar-refractivity contribution in [1.82, 2.24) is 0 Å². The van der Waals surface area contributed by atoms with Gasteiger partial charge >= 0.3 is 0 Å². The lowest BCUT2D eigenvalue weighted by atomic mass is 10.0. The van der Waals surface area contributed by atoms with Gasteiger partial charge in [0, 0.05) is 0 Å². The summed E-state index contributed by atoms with van der Waals surface area (Å²) in [5, 5.41) is 9.25. The van der Waals surface area contributed by atoms with Crippen molar-refractivity contribution < 1.29 is 5.11 Å². The minimum atomic E-state index is 0.677. The van der Waals surface area contributed by atoms with Crippen LogP contribution in [0.4, 0.5) is 0 Å². The van der Waals surface area contributed by atoms with Gasteiger partial charge in [0.1, 0.15) is 0 Å². The van der Waals surface area contributed by atoms with Crippen molar-refractivity contribution >= 4 is 0 Å². The normalized spacial score (nSPS) is 11.1. The van der Waals surface area contributed by atoms with Gasteiger partial charge < -0.3 is 5.11 Å². The number of aliphatic hydroxyl groups is 1. The molecule has 0 saturated heterocycles. The molecule has 0 rings (SSSR count). The van der Waals surface area contributed by atoms with E-state index in [1.165, 1.54) is 51.4 Å². The maximum Gasteiger partial charge on any atom is 0.0930 e. The van der Waals surface area contributed by atoms with Crippen molar-refractivity contribution in [2.75, 3.05) is 0 Å². The third-order valence-electron chi connectivity index (χ3n) is 2.73. The number of rotatable bonds is 10. The highest BCUT2D eigenvalue weighted by Gasteiger charge is 2.00. The fourth-order valence-electron chi connectivity index (χ4n) is 1.64. The van der Waals surface area contributed by atoms with Crippen LogP contribution in [0.5, 0.6) is 0 Å². The molecule has 0 atom stereocenters. The summed E-state index contributed by atoms with van der Waals surface area (Å²) >= 11 is 0. The Morgan fingerprint density at radius 2 is 1.29 bits per heavy atom. The Hall–Kier alpha value is -0.0400. The molecule has 0 bridgehead atoms. The van der Waals surface area contributed by atoms with Gasteiger partial charge in [0.15, 0.2) is 0 Å². The van der Waals surface area contributed by atoms with Gasteiger partial charge in [0.05, 0.1) is 6.10 Å². The van der Waals surface area contributed by atoms with Crippen LogP contribution in [0.15, 0.2) is 0 Å². The van der Waals surface area contributed by atoms with Crippen molar-refractivity contribution in [2.45, 2.75) is 78.1 Å². The Kier molecular flexibility index (Phi) is 11.0. The molecular formula is C13H27O. The predicted molar refractivity (Wildman–Crippen MR) is 62.7 cm³/mol. The van der Waals surface area contributed by atoms with Gasteiger partial charge in [-0.2, -0.15) is 0 Å². The van der Waals surface area contributed by atoms with Crippen molar-refractivity contribution in [3.63, 3.8) is 0 Å². The van der Waals surface area contributed by atoms with Gasteiger partial charge in [-0.15, -0.1) is 0 Å². The van der Waals surface area contributed by atoms with Gasteiger partial charge in [-0.05, 0) is 12.8 Å². The predicted octanol–water partition coefficient (Wildman–Crippen LogP) is 4.83. The van der Waals surface area contributed by atoms with E-state index in [1.807, 2.05) is 6.92 Å².